The Hall–Kier alpha value is -0.820. The summed E-state index contributed by atoms with van der Waals surface area (Å²) in [4.78, 5) is 0. The molecule has 0 fully saturated rings. The molecule has 0 amide bonds. The van der Waals surface area contributed by atoms with Crippen molar-refractivity contribution in [3.05, 3.63) is 34.9 Å². The van der Waals surface area contributed by atoms with Gasteiger partial charge in [-0.25, -0.2) is 0 Å². The van der Waals surface area contributed by atoms with Gasteiger partial charge in [0.1, 0.15) is 0 Å². The molecule has 0 saturated heterocycles. The molecule has 1 rings (SSSR count). The molecule has 108 valence electrons. The fraction of sp³-hybridized carbons (Fsp3) is 0.667. The summed E-state index contributed by atoms with van der Waals surface area (Å²) in [5.74, 6) is 0.828. The number of benzene rings is 1. The number of aryl methyl sites for hydroxylation is 2. The highest BCUT2D eigenvalue weighted by Gasteiger charge is 2.17. The average molecular weight is 261 g/mol. The van der Waals surface area contributed by atoms with Crippen LogP contribution in [0.3, 0.4) is 0 Å². The van der Waals surface area contributed by atoms with E-state index in [2.05, 4.69) is 58.1 Å². The first-order valence-electron chi connectivity index (χ1n) is 7.92. The standard InChI is InChI=1S/C18H31N/c1-6-11-19-18(13-16(7-2)8-3)17-12-14(4)9-10-15(17)5/h9-10,12,16,18-19H,6-8,11,13H2,1-5H3. The van der Waals surface area contributed by atoms with Crippen LogP contribution < -0.4 is 5.32 Å². The lowest BCUT2D eigenvalue weighted by Gasteiger charge is -2.25. The van der Waals surface area contributed by atoms with Gasteiger partial charge < -0.3 is 5.32 Å². The topological polar surface area (TPSA) is 12.0 Å². The van der Waals surface area contributed by atoms with Crippen LogP contribution in [0.25, 0.3) is 0 Å². The maximum absolute atomic E-state index is 3.75. The van der Waals surface area contributed by atoms with E-state index in [4.69, 9.17) is 0 Å². The van der Waals surface area contributed by atoms with Crippen molar-refractivity contribution < 1.29 is 0 Å². The summed E-state index contributed by atoms with van der Waals surface area (Å²) in [5, 5.41) is 3.75. The number of hydrogen-bond donors (Lipinski definition) is 1. The largest absolute Gasteiger partial charge is 0.310 e. The zero-order valence-corrected chi connectivity index (χ0v) is 13.4. The summed E-state index contributed by atoms with van der Waals surface area (Å²) in [7, 11) is 0. The maximum Gasteiger partial charge on any atom is 0.0325 e. The lowest BCUT2D eigenvalue weighted by Crippen LogP contribution is -2.25. The summed E-state index contributed by atoms with van der Waals surface area (Å²) in [6.45, 7) is 12.4. The summed E-state index contributed by atoms with van der Waals surface area (Å²) < 4.78 is 0. The monoisotopic (exact) mass is 261 g/mol. The minimum Gasteiger partial charge on any atom is -0.310 e. The molecular weight excluding hydrogens is 230 g/mol. The normalized spacial score (nSPS) is 12.9. The van der Waals surface area contributed by atoms with E-state index in [9.17, 15) is 0 Å². The Balaban J connectivity index is 2.91. The fourth-order valence-corrected chi connectivity index (χ4v) is 2.73. The summed E-state index contributed by atoms with van der Waals surface area (Å²) in [6.07, 6.45) is 5.03. The average Bonchev–Trinajstić information content (AvgIpc) is 2.42. The van der Waals surface area contributed by atoms with Crippen molar-refractivity contribution >= 4 is 0 Å². The predicted molar refractivity (Wildman–Crippen MR) is 85.6 cm³/mol. The van der Waals surface area contributed by atoms with Gasteiger partial charge in [-0.1, -0.05) is 57.4 Å². The van der Waals surface area contributed by atoms with E-state index in [0.29, 0.717) is 6.04 Å². The van der Waals surface area contributed by atoms with E-state index in [0.717, 1.165) is 12.5 Å². The fourth-order valence-electron chi connectivity index (χ4n) is 2.73. The Morgan fingerprint density at radius 2 is 1.74 bits per heavy atom. The second-order valence-electron chi connectivity index (χ2n) is 5.78. The van der Waals surface area contributed by atoms with Gasteiger partial charge in [0.05, 0.1) is 0 Å². The van der Waals surface area contributed by atoms with Crippen molar-refractivity contribution in [3.8, 4) is 0 Å². The Morgan fingerprint density at radius 1 is 1.05 bits per heavy atom. The van der Waals surface area contributed by atoms with Gasteiger partial charge >= 0.3 is 0 Å². The molecule has 0 heterocycles. The Morgan fingerprint density at radius 3 is 2.32 bits per heavy atom. The first kappa shape index (κ1) is 16.2. The molecule has 1 N–H and O–H groups in total. The Kier molecular flexibility index (Phi) is 7.15. The number of hydrogen-bond acceptors (Lipinski definition) is 1. The van der Waals surface area contributed by atoms with Crippen molar-refractivity contribution in [1.29, 1.82) is 0 Å². The van der Waals surface area contributed by atoms with Crippen molar-refractivity contribution in [2.75, 3.05) is 6.54 Å². The smallest absolute Gasteiger partial charge is 0.0325 e. The van der Waals surface area contributed by atoms with E-state index in [1.807, 2.05) is 0 Å². The molecule has 1 aromatic rings. The van der Waals surface area contributed by atoms with E-state index >= 15 is 0 Å². The van der Waals surface area contributed by atoms with E-state index in [1.54, 1.807) is 0 Å². The minimum atomic E-state index is 0.518. The lowest BCUT2D eigenvalue weighted by molar-refractivity contribution is 0.370. The van der Waals surface area contributed by atoms with Gasteiger partial charge in [0.25, 0.3) is 0 Å². The van der Waals surface area contributed by atoms with Gasteiger partial charge in [0.15, 0.2) is 0 Å². The van der Waals surface area contributed by atoms with Gasteiger partial charge in [0, 0.05) is 6.04 Å². The molecule has 0 aliphatic heterocycles. The highest BCUT2D eigenvalue weighted by atomic mass is 14.9. The zero-order chi connectivity index (χ0) is 14.3. The van der Waals surface area contributed by atoms with Gasteiger partial charge in [-0.2, -0.15) is 0 Å². The molecule has 1 atom stereocenters. The zero-order valence-electron chi connectivity index (χ0n) is 13.4. The van der Waals surface area contributed by atoms with Crippen LogP contribution in [-0.4, -0.2) is 6.54 Å². The molecule has 19 heavy (non-hydrogen) atoms. The van der Waals surface area contributed by atoms with Crippen LogP contribution in [0.4, 0.5) is 0 Å². The van der Waals surface area contributed by atoms with Crippen molar-refractivity contribution in [2.45, 2.75) is 66.3 Å². The molecular formula is C18H31N. The van der Waals surface area contributed by atoms with E-state index in [-0.39, 0.29) is 0 Å². The van der Waals surface area contributed by atoms with Crippen molar-refractivity contribution in [2.24, 2.45) is 5.92 Å². The molecule has 0 saturated carbocycles. The van der Waals surface area contributed by atoms with E-state index in [1.165, 1.54) is 42.4 Å². The highest BCUT2D eigenvalue weighted by molar-refractivity contribution is 5.33. The van der Waals surface area contributed by atoms with Crippen LogP contribution in [-0.2, 0) is 0 Å². The van der Waals surface area contributed by atoms with Crippen LogP contribution in [0.2, 0.25) is 0 Å². The first-order valence-corrected chi connectivity index (χ1v) is 7.92. The van der Waals surface area contributed by atoms with Crippen molar-refractivity contribution in [1.82, 2.24) is 5.32 Å². The molecule has 1 unspecified atom stereocenters. The Bertz CT molecular complexity index is 366. The van der Waals surface area contributed by atoms with Crippen LogP contribution >= 0.6 is 0 Å². The van der Waals surface area contributed by atoms with E-state index < -0.39 is 0 Å². The molecule has 0 radical (unpaired) electrons. The molecule has 0 bridgehead atoms. The van der Waals surface area contributed by atoms with Crippen molar-refractivity contribution in [3.63, 3.8) is 0 Å². The maximum atomic E-state index is 3.75. The molecule has 0 aliphatic rings. The second-order valence-corrected chi connectivity index (χ2v) is 5.78. The third kappa shape index (κ3) is 4.99. The quantitative estimate of drug-likeness (QED) is 0.680. The molecule has 0 spiro atoms. The highest BCUT2D eigenvalue weighted by Crippen LogP contribution is 2.28. The summed E-state index contributed by atoms with van der Waals surface area (Å²) in [5.41, 5.74) is 4.29. The Labute approximate surface area is 119 Å². The van der Waals surface area contributed by atoms with Gasteiger partial charge in [-0.15, -0.1) is 0 Å². The van der Waals surface area contributed by atoms with Gasteiger partial charge in [0.2, 0.25) is 0 Å². The van der Waals surface area contributed by atoms with Crippen LogP contribution in [0.5, 0.6) is 0 Å². The molecule has 0 aliphatic carbocycles. The third-order valence-electron chi connectivity index (χ3n) is 4.17. The summed E-state index contributed by atoms with van der Waals surface area (Å²) in [6, 6.07) is 7.36. The van der Waals surface area contributed by atoms with Crippen LogP contribution in [0.1, 0.15) is 69.2 Å². The van der Waals surface area contributed by atoms with Gasteiger partial charge in [-0.05, 0) is 50.3 Å². The predicted octanol–water partition coefficient (Wildman–Crippen LogP) is 5.17. The number of rotatable bonds is 8. The van der Waals surface area contributed by atoms with Gasteiger partial charge in [-0.3, -0.25) is 0 Å². The molecule has 0 aromatic heterocycles. The van der Waals surface area contributed by atoms with Crippen LogP contribution in [0.15, 0.2) is 18.2 Å². The number of nitrogens with one attached hydrogen (secondary N) is 1. The molecule has 1 aromatic carbocycles. The lowest BCUT2D eigenvalue weighted by atomic mass is 9.88. The van der Waals surface area contributed by atoms with Crippen LogP contribution in [0, 0.1) is 19.8 Å². The second kappa shape index (κ2) is 8.37. The SMILES string of the molecule is CCCNC(CC(CC)CC)c1cc(C)ccc1C. The molecule has 1 nitrogen and oxygen atoms in total. The first-order chi connectivity index (χ1) is 9.12. The third-order valence-corrected chi connectivity index (χ3v) is 4.17. The summed E-state index contributed by atoms with van der Waals surface area (Å²) >= 11 is 0. The minimum absolute atomic E-state index is 0.518. The molecule has 1 heteroatoms.